The van der Waals surface area contributed by atoms with E-state index in [1.807, 2.05) is 0 Å². The van der Waals surface area contributed by atoms with Crippen molar-refractivity contribution in [3.8, 4) is 0 Å². The third-order valence-electron chi connectivity index (χ3n) is 6.34. The van der Waals surface area contributed by atoms with Gasteiger partial charge in [0.05, 0.1) is 0 Å². The highest BCUT2D eigenvalue weighted by atomic mass is 14.3. The van der Waals surface area contributed by atoms with Crippen LogP contribution < -0.4 is 0 Å². The fourth-order valence-electron chi connectivity index (χ4n) is 4.51. The molecule has 0 amide bonds. The van der Waals surface area contributed by atoms with Gasteiger partial charge in [-0.3, -0.25) is 0 Å². The molecule has 0 bridgehead atoms. The molecule has 140 valence electrons. The lowest BCUT2D eigenvalue weighted by molar-refractivity contribution is 0.308. The second kappa shape index (κ2) is 9.40. The van der Waals surface area contributed by atoms with Crippen LogP contribution in [0.2, 0.25) is 0 Å². The van der Waals surface area contributed by atoms with Gasteiger partial charge < -0.3 is 0 Å². The van der Waals surface area contributed by atoms with Crippen molar-refractivity contribution in [2.24, 2.45) is 5.92 Å². The molecule has 0 nitrogen and oxygen atoms in total. The highest BCUT2D eigenvalue weighted by molar-refractivity contribution is 5.28. The molecule has 2 aromatic carbocycles. The molecule has 0 aliphatic heterocycles. The lowest BCUT2D eigenvalue weighted by Crippen LogP contribution is -2.13. The smallest absolute Gasteiger partial charge is 0.0162 e. The van der Waals surface area contributed by atoms with Gasteiger partial charge in [-0.25, -0.2) is 0 Å². The molecule has 26 heavy (non-hydrogen) atoms. The van der Waals surface area contributed by atoms with E-state index in [4.69, 9.17) is 0 Å². The summed E-state index contributed by atoms with van der Waals surface area (Å²) in [6.45, 7) is 6.84. The van der Waals surface area contributed by atoms with E-state index in [-0.39, 0.29) is 0 Å². The zero-order chi connectivity index (χ0) is 18.4. The molecule has 1 saturated carbocycles. The Balaban J connectivity index is 1.50. The van der Waals surface area contributed by atoms with E-state index in [1.54, 1.807) is 5.56 Å². The standard InChI is InChI=1S/C26H36/c1-4-5-21-10-16-25(17-11-21)26-18-12-23(13-19-26)7-6-22-8-14-24(15-9-22)20(2)3/h8-9,12-15,18-21,25H,4-7,10-11,16-17H2,1-3H3. The lowest BCUT2D eigenvalue weighted by atomic mass is 9.77. The van der Waals surface area contributed by atoms with Crippen molar-refractivity contribution < 1.29 is 0 Å². The maximum Gasteiger partial charge on any atom is -0.0162 e. The van der Waals surface area contributed by atoms with Crippen molar-refractivity contribution in [3.05, 3.63) is 70.8 Å². The minimum atomic E-state index is 0.619. The summed E-state index contributed by atoms with van der Waals surface area (Å²) in [5.41, 5.74) is 5.94. The number of benzene rings is 2. The monoisotopic (exact) mass is 348 g/mol. The van der Waals surface area contributed by atoms with Crippen LogP contribution in [-0.4, -0.2) is 0 Å². The van der Waals surface area contributed by atoms with Gasteiger partial charge in [0.15, 0.2) is 0 Å². The molecule has 0 heterocycles. The average molecular weight is 349 g/mol. The number of hydrogen-bond donors (Lipinski definition) is 0. The summed E-state index contributed by atoms with van der Waals surface area (Å²) in [5, 5.41) is 0. The summed E-state index contributed by atoms with van der Waals surface area (Å²) in [6, 6.07) is 18.7. The molecule has 1 aliphatic carbocycles. The summed E-state index contributed by atoms with van der Waals surface area (Å²) in [6.07, 6.45) is 10.7. The molecule has 0 heteroatoms. The van der Waals surface area contributed by atoms with Crippen molar-refractivity contribution in [1.29, 1.82) is 0 Å². The van der Waals surface area contributed by atoms with Gasteiger partial charge in [0.2, 0.25) is 0 Å². The van der Waals surface area contributed by atoms with Gasteiger partial charge in [0.1, 0.15) is 0 Å². The maximum atomic E-state index is 2.40. The largest absolute Gasteiger partial charge is 0.0654 e. The highest BCUT2D eigenvalue weighted by Gasteiger charge is 2.21. The molecule has 0 N–H and O–H groups in total. The van der Waals surface area contributed by atoms with E-state index in [2.05, 4.69) is 69.3 Å². The summed E-state index contributed by atoms with van der Waals surface area (Å²) in [5.74, 6) is 2.42. The van der Waals surface area contributed by atoms with Crippen LogP contribution in [0.3, 0.4) is 0 Å². The Labute approximate surface area is 161 Å². The van der Waals surface area contributed by atoms with Crippen LogP contribution in [-0.2, 0) is 12.8 Å². The van der Waals surface area contributed by atoms with E-state index < -0.39 is 0 Å². The first kappa shape index (κ1) is 19.2. The Morgan fingerprint density at radius 3 is 1.81 bits per heavy atom. The van der Waals surface area contributed by atoms with Gasteiger partial charge in [-0.05, 0) is 78.5 Å². The Hall–Kier alpha value is -1.56. The molecular formula is C26H36. The zero-order valence-electron chi connectivity index (χ0n) is 17.0. The predicted octanol–water partition coefficient (Wildman–Crippen LogP) is 7.67. The molecule has 0 unspecified atom stereocenters. The van der Waals surface area contributed by atoms with Crippen LogP contribution in [0.4, 0.5) is 0 Å². The fourth-order valence-corrected chi connectivity index (χ4v) is 4.51. The Morgan fingerprint density at radius 2 is 1.31 bits per heavy atom. The fraction of sp³-hybridized carbons (Fsp3) is 0.538. The molecule has 0 aromatic heterocycles. The molecule has 3 rings (SSSR count). The Bertz CT molecular complexity index is 639. The molecule has 0 spiro atoms. The molecule has 0 radical (unpaired) electrons. The van der Waals surface area contributed by atoms with E-state index >= 15 is 0 Å². The Kier molecular flexibility index (Phi) is 6.94. The van der Waals surface area contributed by atoms with Gasteiger partial charge in [0, 0.05) is 0 Å². The third-order valence-corrected chi connectivity index (χ3v) is 6.34. The first-order valence-corrected chi connectivity index (χ1v) is 10.8. The van der Waals surface area contributed by atoms with Crippen LogP contribution in [0.1, 0.15) is 93.4 Å². The van der Waals surface area contributed by atoms with Gasteiger partial charge in [-0.1, -0.05) is 82.1 Å². The van der Waals surface area contributed by atoms with Crippen molar-refractivity contribution in [3.63, 3.8) is 0 Å². The van der Waals surface area contributed by atoms with Crippen LogP contribution in [0, 0.1) is 5.92 Å². The second-order valence-corrected chi connectivity index (χ2v) is 8.64. The van der Waals surface area contributed by atoms with Crippen LogP contribution in [0.5, 0.6) is 0 Å². The molecule has 2 aromatic rings. The van der Waals surface area contributed by atoms with E-state index in [9.17, 15) is 0 Å². The van der Waals surface area contributed by atoms with E-state index in [0.29, 0.717) is 5.92 Å². The van der Waals surface area contributed by atoms with Crippen LogP contribution >= 0.6 is 0 Å². The first-order valence-electron chi connectivity index (χ1n) is 10.8. The number of hydrogen-bond acceptors (Lipinski definition) is 0. The normalized spacial score (nSPS) is 20.5. The second-order valence-electron chi connectivity index (χ2n) is 8.64. The summed E-state index contributed by atoms with van der Waals surface area (Å²) in [4.78, 5) is 0. The van der Waals surface area contributed by atoms with E-state index in [1.165, 1.54) is 55.2 Å². The Morgan fingerprint density at radius 1 is 0.769 bits per heavy atom. The predicted molar refractivity (Wildman–Crippen MR) is 114 cm³/mol. The number of aryl methyl sites for hydroxylation is 2. The first-order chi connectivity index (χ1) is 12.7. The third kappa shape index (κ3) is 5.22. The minimum Gasteiger partial charge on any atom is -0.0654 e. The summed E-state index contributed by atoms with van der Waals surface area (Å²) in [7, 11) is 0. The van der Waals surface area contributed by atoms with Gasteiger partial charge in [-0.2, -0.15) is 0 Å². The zero-order valence-corrected chi connectivity index (χ0v) is 17.0. The quantitative estimate of drug-likeness (QED) is 0.481. The van der Waals surface area contributed by atoms with Crippen molar-refractivity contribution in [2.75, 3.05) is 0 Å². The van der Waals surface area contributed by atoms with Crippen LogP contribution in [0.15, 0.2) is 48.5 Å². The summed E-state index contributed by atoms with van der Waals surface area (Å²) >= 11 is 0. The summed E-state index contributed by atoms with van der Waals surface area (Å²) < 4.78 is 0. The molecular weight excluding hydrogens is 312 g/mol. The van der Waals surface area contributed by atoms with Gasteiger partial charge in [-0.15, -0.1) is 0 Å². The minimum absolute atomic E-state index is 0.619. The topological polar surface area (TPSA) is 0 Å². The lowest BCUT2D eigenvalue weighted by Gasteiger charge is -2.28. The van der Waals surface area contributed by atoms with E-state index in [0.717, 1.165) is 24.7 Å². The van der Waals surface area contributed by atoms with Gasteiger partial charge >= 0.3 is 0 Å². The molecule has 0 atom stereocenters. The van der Waals surface area contributed by atoms with Crippen molar-refractivity contribution >= 4 is 0 Å². The number of rotatable bonds is 7. The van der Waals surface area contributed by atoms with Crippen molar-refractivity contribution in [2.45, 2.75) is 84.0 Å². The highest BCUT2D eigenvalue weighted by Crippen LogP contribution is 2.37. The van der Waals surface area contributed by atoms with Crippen molar-refractivity contribution in [1.82, 2.24) is 0 Å². The molecule has 1 fully saturated rings. The van der Waals surface area contributed by atoms with Gasteiger partial charge in [0.25, 0.3) is 0 Å². The molecule has 1 aliphatic rings. The van der Waals surface area contributed by atoms with Crippen LogP contribution in [0.25, 0.3) is 0 Å². The maximum absolute atomic E-state index is 2.40. The molecule has 0 saturated heterocycles. The SMILES string of the molecule is CCCC1CCC(c2ccc(CCc3ccc(C(C)C)cc3)cc2)CC1. The average Bonchev–Trinajstić information content (AvgIpc) is 2.68.